The minimum absolute atomic E-state index is 0. The number of hydrogen-bond acceptors (Lipinski definition) is 2. The fourth-order valence-corrected chi connectivity index (χ4v) is 2.74. The van der Waals surface area contributed by atoms with Gasteiger partial charge in [-0.1, -0.05) is 76.9 Å². The van der Waals surface area contributed by atoms with Crippen molar-refractivity contribution in [3.63, 3.8) is 0 Å². The molecule has 0 rings (SSSR count). The number of nitrogens with two attached hydrogens (primary N) is 1. The minimum atomic E-state index is 0. The SMILES string of the molecule is CCCCCCCCC=CCCCCCCCCOCCCN.Cl. The van der Waals surface area contributed by atoms with Gasteiger partial charge in [0.2, 0.25) is 0 Å². The summed E-state index contributed by atoms with van der Waals surface area (Å²) in [5.41, 5.74) is 5.42. The summed E-state index contributed by atoms with van der Waals surface area (Å²) in [6, 6.07) is 0. The number of hydrogen-bond donors (Lipinski definition) is 1. The van der Waals surface area contributed by atoms with Gasteiger partial charge in [0.15, 0.2) is 0 Å². The molecule has 24 heavy (non-hydrogen) atoms. The third kappa shape index (κ3) is 24.2. The van der Waals surface area contributed by atoms with E-state index in [9.17, 15) is 0 Å². The van der Waals surface area contributed by atoms with Crippen LogP contribution in [0.5, 0.6) is 0 Å². The minimum Gasteiger partial charge on any atom is -0.381 e. The third-order valence-corrected chi connectivity index (χ3v) is 4.29. The van der Waals surface area contributed by atoms with E-state index in [0.717, 1.165) is 26.2 Å². The van der Waals surface area contributed by atoms with Crippen molar-refractivity contribution < 1.29 is 4.74 Å². The first-order valence-electron chi connectivity index (χ1n) is 10.3. The Morgan fingerprint density at radius 3 is 1.62 bits per heavy atom. The molecule has 0 amide bonds. The van der Waals surface area contributed by atoms with Crippen molar-refractivity contribution in [3.05, 3.63) is 12.2 Å². The van der Waals surface area contributed by atoms with Crippen LogP contribution in [0.4, 0.5) is 0 Å². The lowest BCUT2D eigenvalue weighted by molar-refractivity contribution is 0.129. The molecule has 0 saturated carbocycles. The van der Waals surface area contributed by atoms with Crippen molar-refractivity contribution in [3.8, 4) is 0 Å². The van der Waals surface area contributed by atoms with Gasteiger partial charge in [-0.05, 0) is 45.1 Å². The van der Waals surface area contributed by atoms with Gasteiger partial charge < -0.3 is 10.5 Å². The largest absolute Gasteiger partial charge is 0.381 e. The second-order valence-electron chi connectivity index (χ2n) is 6.69. The Morgan fingerprint density at radius 1 is 0.625 bits per heavy atom. The summed E-state index contributed by atoms with van der Waals surface area (Å²) in [6.07, 6.45) is 24.8. The molecule has 0 aliphatic rings. The van der Waals surface area contributed by atoms with Gasteiger partial charge in [-0.3, -0.25) is 0 Å². The van der Waals surface area contributed by atoms with Crippen LogP contribution in [0.3, 0.4) is 0 Å². The fourth-order valence-electron chi connectivity index (χ4n) is 2.74. The molecule has 0 spiro atoms. The Kier molecular flexibility index (Phi) is 27.5. The van der Waals surface area contributed by atoms with Crippen molar-refractivity contribution >= 4 is 12.4 Å². The molecule has 0 atom stereocenters. The Balaban J connectivity index is 0. The third-order valence-electron chi connectivity index (χ3n) is 4.29. The Morgan fingerprint density at radius 2 is 1.08 bits per heavy atom. The van der Waals surface area contributed by atoms with Crippen LogP contribution in [0.25, 0.3) is 0 Å². The van der Waals surface area contributed by atoms with E-state index >= 15 is 0 Å². The van der Waals surface area contributed by atoms with Gasteiger partial charge in [-0.15, -0.1) is 12.4 Å². The van der Waals surface area contributed by atoms with E-state index in [0.29, 0.717) is 0 Å². The summed E-state index contributed by atoms with van der Waals surface area (Å²) in [6.45, 7) is 4.78. The molecule has 0 aromatic heterocycles. The van der Waals surface area contributed by atoms with E-state index in [1.54, 1.807) is 0 Å². The van der Waals surface area contributed by atoms with Crippen molar-refractivity contribution in [2.75, 3.05) is 19.8 Å². The highest BCUT2D eigenvalue weighted by Gasteiger charge is 1.92. The number of unbranched alkanes of at least 4 members (excludes halogenated alkanes) is 12. The van der Waals surface area contributed by atoms with E-state index in [4.69, 9.17) is 10.5 Å². The number of halogens is 1. The lowest BCUT2D eigenvalue weighted by Crippen LogP contribution is -2.04. The maximum Gasteiger partial charge on any atom is 0.0478 e. The fraction of sp³-hybridized carbons (Fsp3) is 0.905. The van der Waals surface area contributed by atoms with Crippen LogP contribution in [0.2, 0.25) is 0 Å². The first-order chi connectivity index (χ1) is 11.4. The molecular weight excluding hydrogens is 318 g/mol. The van der Waals surface area contributed by atoms with Crippen LogP contribution in [0, 0.1) is 0 Å². The lowest BCUT2D eigenvalue weighted by atomic mass is 10.1. The highest BCUT2D eigenvalue weighted by atomic mass is 35.5. The van der Waals surface area contributed by atoms with Gasteiger partial charge in [0, 0.05) is 13.2 Å². The topological polar surface area (TPSA) is 35.2 Å². The van der Waals surface area contributed by atoms with Gasteiger partial charge in [0.25, 0.3) is 0 Å². The van der Waals surface area contributed by atoms with Crippen molar-refractivity contribution in [2.45, 2.75) is 103 Å². The second kappa shape index (κ2) is 25.2. The van der Waals surface area contributed by atoms with Gasteiger partial charge >= 0.3 is 0 Å². The second-order valence-corrected chi connectivity index (χ2v) is 6.69. The standard InChI is InChI=1S/C21H43NO.ClH/c1-2-3-4-5-6-7-8-9-10-11-12-13-14-15-16-17-20-23-21-18-19-22;/h9-10H,2-8,11-22H2,1H3;1H. The van der Waals surface area contributed by atoms with Gasteiger partial charge in [0.05, 0.1) is 0 Å². The van der Waals surface area contributed by atoms with Crippen LogP contribution >= 0.6 is 12.4 Å². The molecule has 146 valence electrons. The molecule has 0 radical (unpaired) electrons. The highest BCUT2D eigenvalue weighted by molar-refractivity contribution is 5.85. The van der Waals surface area contributed by atoms with Crippen molar-refractivity contribution in [1.29, 1.82) is 0 Å². The molecule has 2 N–H and O–H groups in total. The molecule has 0 fully saturated rings. The van der Waals surface area contributed by atoms with E-state index < -0.39 is 0 Å². The zero-order valence-electron chi connectivity index (χ0n) is 16.3. The molecule has 0 aliphatic heterocycles. The van der Waals surface area contributed by atoms with Crippen LogP contribution in [-0.4, -0.2) is 19.8 Å². The molecular formula is C21H44ClNO. The van der Waals surface area contributed by atoms with Crippen LogP contribution < -0.4 is 5.73 Å². The Labute approximate surface area is 158 Å². The highest BCUT2D eigenvalue weighted by Crippen LogP contribution is 2.09. The molecule has 3 heteroatoms. The molecule has 0 aliphatic carbocycles. The zero-order chi connectivity index (χ0) is 16.8. The van der Waals surface area contributed by atoms with E-state index in [1.807, 2.05) is 0 Å². The van der Waals surface area contributed by atoms with Gasteiger partial charge in [-0.25, -0.2) is 0 Å². The summed E-state index contributed by atoms with van der Waals surface area (Å²) in [5, 5.41) is 0. The monoisotopic (exact) mass is 361 g/mol. The zero-order valence-corrected chi connectivity index (χ0v) is 17.1. The first kappa shape index (κ1) is 26.2. The Bertz CT molecular complexity index is 234. The van der Waals surface area contributed by atoms with E-state index in [1.165, 1.54) is 89.9 Å². The Hall–Kier alpha value is -0.0500. The van der Waals surface area contributed by atoms with E-state index in [2.05, 4.69) is 19.1 Å². The molecule has 0 aromatic rings. The molecule has 0 heterocycles. The summed E-state index contributed by atoms with van der Waals surface area (Å²) in [4.78, 5) is 0. The predicted molar refractivity (Wildman–Crippen MR) is 111 cm³/mol. The summed E-state index contributed by atoms with van der Waals surface area (Å²) < 4.78 is 5.50. The summed E-state index contributed by atoms with van der Waals surface area (Å²) in [7, 11) is 0. The summed E-state index contributed by atoms with van der Waals surface area (Å²) >= 11 is 0. The van der Waals surface area contributed by atoms with E-state index in [-0.39, 0.29) is 12.4 Å². The maximum atomic E-state index is 5.50. The summed E-state index contributed by atoms with van der Waals surface area (Å²) in [5.74, 6) is 0. The average molecular weight is 362 g/mol. The number of allylic oxidation sites excluding steroid dienone is 2. The number of ether oxygens (including phenoxy) is 1. The van der Waals surface area contributed by atoms with Crippen molar-refractivity contribution in [1.82, 2.24) is 0 Å². The molecule has 0 unspecified atom stereocenters. The molecule has 0 aromatic carbocycles. The van der Waals surface area contributed by atoms with Gasteiger partial charge in [0.1, 0.15) is 0 Å². The van der Waals surface area contributed by atoms with Crippen LogP contribution in [0.1, 0.15) is 103 Å². The normalized spacial score (nSPS) is 11.1. The molecule has 0 bridgehead atoms. The number of rotatable bonds is 19. The van der Waals surface area contributed by atoms with Crippen molar-refractivity contribution in [2.24, 2.45) is 5.73 Å². The molecule has 2 nitrogen and oxygen atoms in total. The lowest BCUT2D eigenvalue weighted by Gasteiger charge is -2.03. The van der Waals surface area contributed by atoms with Crippen LogP contribution in [0.15, 0.2) is 12.2 Å². The quantitative estimate of drug-likeness (QED) is 0.202. The smallest absolute Gasteiger partial charge is 0.0478 e. The maximum absolute atomic E-state index is 5.50. The average Bonchev–Trinajstić information content (AvgIpc) is 2.57. The predicted octanol–water partition coefficient (Wildman–Crippen LogP) is 6.81. The van der Waals surface area contributed by atoms with Gasteiger partial charge in [-0.2, -0.15) is 0 Å². The first-order valence-corrected chi connectivity index (χ1v) is 10.3. The van der Waals surface area contributed by atoms with Crippen LogP contribution in [-0.2, 0) is 4.74 Å². The molecule has 0 saturated heterocycles.